The molecule has 1 aliphatic heterocycles. The average Bonchev–Trinajstić information content (AvgIpc) is 1.90. The number of nitrogens with one attached hydrogen (secondary N) is 1. The van der Waals surface area contributed by atoms with Gasteiger partial charge in [-0.3, -0.25) is 0 Å². The van der Waals surface area contributed by atoms with Crippen molar-refractivity contribution in [1.82, 2.24) is 5.32 Å². The summed E-state index contributed by atoms with van der Waals surface area (Å²) < 4.78 is 11.9. The Morgan fingerprint density at radius 3 is 3.00 bits per heavy atom. The van der Waals surface area contributed by atoms with Gasteiger partial charge in [0.25, 0.3) is 6.09 Å². The Bertz CT molecular complexity index is 211. The lowest BCUT2D eigenvalue weighted by Crippen LogP contribution is -2.18. The zero-order chi connectivity index (χ0) is 6.69. The highest BCUT2D eigenvalue weighted by atomic mass is 19.1. The molecule has 9 heavy (non-hydrogen) atoms. The van der Waals surface area contributed by atoms with E-state index in [2.05, 4.69) is 10.3 Å². The normalized spacial score (nSPS) is 16.9. The van der Waals surface area contributed by atoms with Gasteiger partial charge in [-0.05, 0) is 0 Å². The molecular weight excluding hydrogens is 121 g/mol. The van der Waals surface area contributed by atoms with Crippen LogP contribution in [-0.2, 0) is 0 Å². The minimum atomic E-state index is -0.686. The van der Waals surface area contributed by atoms with Gasteiger partial charge in [-0.15, -0.1) is 0 Å². The number of amidine groups is 1. The smallest absolute Gasteiger partial charge is 0.283 e. The Balaban J connectivity index is 2.73. The van der Waals surface area contributed by atoms with Crippen LogP contribution in [0.2, 0.25) is 0 Å². The van der Waals surface area contributed by atoms with Crippen LogP contribution in [0.5, 0.6) is 0 Å². The fourth-order valence-electron chi connectivity index (χ4n) is 0.399. The first-order chi connectivity index (χ1) is 4.33. The number of rotatable bonds is 0. The summed E-state index contributed by atoms with van der Waals surface area (Å²) in [6.45, 7) is 1.25. The Kier molecular flexibility index (Phi) is 1.45. The van der Waals surface area contributed by atoms with Crippen LogP contribution in [0, 0.1) is 17.9 Å². The van der Waals surface area contributed by atoms with Crippen molar-refractivity contribution in [2.24, 2.45) is 4.99 Å². The van der Waals surface area contributed by atoms with Crippen LogP contribution in [0.15, 0.2) is 16.8 Å². The number of hydrogen-bond acceptors (Lipinski definition) is 3. The van der Waals surface area contributed by atoms with Crippen LogP contribution in [0.3, 0.4) is 0 Å². The predicted octanol–water partition coefficient (Wildman–Crippen LogP) is 0.484. The molecular formula is C5H3FN3. The molecule has 0 aromatic rings. The lowest BCUT2D eigenvalue weighted by atomic mass is 10.3. The van der Waals surface area contributed by atoms with Crippen molar-refractivity contribution in [2.75, 3.05) is 0 Å². The number of halogens is 1. The topological polar surface area (TPSA) is 48.2 Å². The number of hydrogen-bond donors (Lipinski definition) is 1. The van der Waals surface area contributed by atoms with Gasteiger partial charge in [-0.2, -0.15) is 9.65 Å². The molecule has 0 amide bonds. The summed E-state index contributed by atoms with van der Waals surface area (Å²) in [7, 11) is 0. The molecule has 0 bridgehead atoms. The van der Waals surface area contributed by atoms with Crippen LogP contribution in [0.1, 0.15) is 0 Å². The van der Waals surface area contributed by atoms with E-state index in [1.54, 1.807) is 6.07 Å². The summed E-state index contributed by atoms with van der Waals surface area (Å²) in [5, 5.41) is 10.3. The van der Waals surface area contributed by atoms with Crippen molar-refractivity contribution in [3.05, 3.63) is 18.3 Å². The van der Waals surface area contributed by atoms with E-state index >= 15 is 0 Å². The summed E-state index contributed by atoms with van der Waals surface area (Å²) >= 11 is 0. The monoisotopic (exact) mass is 124 g/mol. The van der Waals surface area contributed by atoms with Crippen LogP contribution in [-0.4, -0.2) is 6.09 Å². The van der Waals surface area contributed by atoms with Crippen molar-refractivity contribution in [3.8, 4) is 6.07 Å². The van der Waals surface area contributed by atoms with E-state index in [0.29, 0.717) is 5.57 Å². The van der Waals surface area contributed by atoms with Gasteiger partial charge in [0.2, 0.25) is 0 Å². The minimum absolute atomic E-state index is 0.316. The SMILES string of the molecule is N#CC1=CN=C(F)N[CH]1. The zero-order valence-electron chi connectivity index (χ0n) is 4.43. The summed E-state index contributed by atoms with van der Waals surface area (Å²) in [4.78, 5) is 3.21. The third-order valence-corrected chi connectivity index (χ3v) is 0.793. The van der Waals surface area contributed by atoms with Gasteiger partial charge >= 0.3 is 0 Å². The fourth-order valence-corrected chi connectivity index (χ4v) is 0.399. The first kappa shape index (κ1) is 5.76. The third kappa shape index (κ3) is 1.26. The molecule has 1 N–H and O–H groups in total. The lowest BCUT2D eigenvalue weighted by molar-refractivity contribution is 0.744. The maximum absolute atomic E-state index is 11.9. The molecule has 1 rings (SSSR count). The molecule has 1 radical (unpaired) electrons. The number of aliphatic imine (C=N–C) groups is 1. The first-order valence-corrected chi connectivity index (χ1v) is 2.26. The van der Waals surface area contributed by atoms with Gasteiger partial charge in [-0.1, -0.05) is 0 Å². The molecule has 0 aromatic carbocycles. The molecule has 3 nitrogen and oxygen atoms in total. The van der Waals surface area contributed by atoms with Gasteiger partial charge in [0.15, 0.2) is 0 Å². The molecule has 0 atom stereocenters. The number of nitrogens with zero attached hydrogens (tertiary/aromatic N) is 2. The van der Waals surface area contributed by atoms with Crippen molar-refractivity contribution in [1.29, 1.82) is 5.26 Å². The van der Waals surface area contributed by atoms with Gasteiger partial charge < -0.3 is 5.32 Å². The summed E-state index contributed by atoms with van der Waals surface area (Å²) in [5.41, 5.74) is 0.316. The maximum Gasteiger partial charge on any atom is 0.283 e. The van der Waals surface area contributed by atoms with E-state index < -0.39 is 6.09 Å². The molecule has 0 spiro atoms. The molecule has 1 aliphatic rings. The second kappa shape index (κ2) is 2.27. The van der Waals surface area contributed by atoms with Crippen molar-refractivity contribution < 1.29 is 4.39 Å². The molecule has 0 aromatic heterocycles. The van der Waals surface area contributed by atoms with Crippen LogP contribution in [0.25, 0.3) is 0 Å². The van der Waals surface area contributed by atoms with Gasteiger partial charge in [0, 0.05) is 6.20 Å². The van der Waals surface area contributed by atoms with E-state index in [0.717, 1.165) is 6.20 Å². The fraction of sp³-hybridized carbons (Fsp3) is 0. The standard InChI is InChI=1S/C5H3FN3/c6-5-8-2-4(1-7)3-9-5/h2-3H,(H,8,9). The third-order valence-electron chi connectivity index (χ3n) is 0.793. The molecule has 0 aliphatic carbocycles. The quantitative estimate of drug-likeness (QED) is 0.477. The van der Waals surface area contributed by atoms with E-state index in [9.17, 15) is 4.39 Å². The first-order valence-electron chi connectivity index (χ1n) is 2.26. The van der Waals surface area contributed by atoms with Crippen LogP contribution < -0.4 is 5.32 Å². The highest BCUT2D eigenvalue weighted by Gasteiger charge is 2.03. The zero-order valence-corrected chi connectivity index (χ0v) is 4.43. The Morgan fingerprint density at radius 1 is 1.78 bits per heavy atom. The van der Waals surface area contributed by atoms with Crippen LogP contribution >= 0.6 is 0 Å². The second-order valence-corrected chi connectivity index (χ2v) is 1.40. The molecule has 1 heterocycles. The molecule has 0 saturated carbocycles. The highest BCUT2D eigenvalue weighted by Crippen LogP contribution is 2.00. The Hall–Kier alpha value is -1.37. The summed E-state index contributed by atoms with van der Waals surface area (Å²) in [6, 6.07) is 1.79. The van der Waals surface area contributed by atoms with Crippen molar-refractivity contribution in [3.63, 3.8) is 0 Å². The molecule has 4 heteroatoms. The Labute approximate surface area is 51.5 Å². The summed E-state index contributed by atoms with van der Waals surface area (Å²) in [6.07, 6.45) is 0.472. The van der Waals surface area contributed by atoms with E-state index in [1.165, 1.54) is 6.54 Å². The average molecular weight is 124 g/mol. The van der Waals surface area contributed by atoms with E-state index in [4.69, 9.17) is 5.26 Å². The van der Waals surface area contributed by atoms with Crippen molar-refractivity contribution >= 4 is 6.09 Å². The van der Waals surface area contributed by atoms with Gasteiger partial charge in [-0.25, -0.2) is 4.99 Å². The number of nitriles is 1. The largest absolute Gasteiger partial charge is 0.336 e. The molecule has 0 saturated heterocycles. The summed E-state index contributed by atoms with van der Waals surface area (Å²) in [5.74, 6) is 0. The Morgan fingerprint density at radius 2 is 2.56 bits per heavy atom. The second-order valence-electron chi connectivity index (χ2n) is 1.40. The molecule has 0 unspecified atom stereocenters. The minimum Gasteiger partial charge on any atom is -0.336 e. The van der Waals surface area contributed by atoms with Crippen molar-refractivity contribution in [2.45, 2.75) is 0 Å². The molecule has 0 fully saturated rings. The van der Waals surface area contributed by atoms with Gasteiger partial charge in [0.05, 0.1) is 18.2 Å². The maximum atomic E-state index is 11.9. The predicted molar refractivity (Wildman–Crippen MR) is 29.7 cm³/mol. The highest BCUT2D eigenvalue weighted by molar-refractivity contribution is 5.75. The molecule has 45 valence electrons. The van der Waals surface area contributed by atoms with E-state index in [1.807, 2.05) is 0 Å². The lowest BCUT2D eigenvalue weighted by Gasteiger charge is -2.02. The van der Waals surface area contributed by atoms with E-state index in [-0.39, 0.29) is 0 Å². The van der Waals surface area contributed by atoms with Crippen LogP contribution in [0.4, 0.5) is 4.39 Å². The van der Waals surface area contributed by atoms with Gasteiger partial charge in [0.1, 0.15) is 0 Å².